The minimum Gasteiger partial charge on any atom is -0.338 e. The van der Waals surface area contributed by atoms with Gasteiger partial charge in [-0.25, -0.2) is 0 Å². The first-order valence-electron chi connectivity index (χ1n) is 2.81. The highest BCUT2D eigenvalue weighted by Crippen LogP contribution is 2.14. The van der Waals surface area contributed by atoms with Crippen LogP contribution in [0.5, 0.6) is 0 Å². The quantitative estimate of drug-likeness (QED) is 0.501. The minimum absolute atomic E-state index is 1.38. The third-order valence-electron chi connectivity index (χ3n) is 0.744. The summed E-state index contributed by atoms with van der Waals surface area (Å²) in [5.74, 6) is 5.52. The van der Waals surface area contributed by atoms with Gasteiger partial charge in [-0.1, -0.05) is 0 Å². The van der Waals surface area contributed by atoms with Gasteiger partial charge in [-0.05, 0) is 0 Å². The van der Waals surface area contributed by atoms with E-state index in [1.807, 2.05) is 0 Å². The lowest BCUT2D eigenvalue weighted by Crippen LogP contribution is -1.97. The van der Waals surface area contributed by atoms with Crippen molar-refractivity contribution in [3.8, 4) is 0 Å². The van der Waals surface area contributed by atoms with Crippen molar-refractivity contribution in [3.63, 3.8) is 0 Å². The molecule has 0 aromatic carbocycles. The highest BCUT2D eigenvalue weighted by Gasteiger charge is 1.95. The van der Waals surface area contributed by atoms with E-state index < -0.39 is 8.53 Å². The fourth-order valence-electron chi connectivity index (χ4n) is 0.440. The Bertz CT molecular complexity index is 58.0. The van der Waals surface area contributed by atoms with Crippen molar-refractivity contribution in [2.45, 2.75) is 0 Å². The first-order valence-corrected chi connectivity index (χ1v) is 6.44. The lowest BCUT2D eigenvalue weighted by atomic mass is 10.9. The molecule has 0 saturated carbocycles. The second-order valence-corrected chi connectivity index (χ2v) is 4.64. The van der Waals surface area contributed by atoms with Crippen LogP contribution in [-0.2, 0) is 0 Å². The maximum Gasteiger partial charge on any atom is 0.247 e. The van der Waals surface area contributed by atoms with Gasteiger partial charge in [0, 0.05) is 23.0 Å². The predicted molar refractivity (Wildman–Crippen MR) is 50.2 cm³/mol. The molecule has 0 aromatic heterocycles. The van der Waals surface area contributed by atoms with E-state index in [1.165, 1.54) is 23.0 Å². The van der Waals surface area contributed by atoms with Crippen molar-refractivity contribution in [1.29, 1.82) is 0 Å². The summed E-state index contributed by atoms with van der Waals surface area (Å²) in [7, 11) is -2.12. The zero-order valence-electron chi connectivity index (χ0n) is 5.56. The largest absolute Gasteiger partial charge is 0.338 e. The molecular formula is C4H12NO2PS2. The monoisotopic (exact) mass is 201 g/mol. The number of nitrogens with two attached hydrogens (primary N) is 1. The van der Waals surface area contributed by atoms with E-state index in [1.54, 1.807) is 0 Å². The van der Waals surface area contributed by atoms with E-state index in [9.17, 15) is 0 Å². The normalized spacial score (nSPS) is 18.0. The number of hydrogen-bond donors (Lipinski definition) is 3. The Labute approximate surface area is 70.7 Å². The summed E-state index contributed by atoms with van der Waals surface area (Å²) < 4.78 is 0. The van der Waals surface area contributed by atoms with Gasteiger partial charge in [0.1, 0.15) is 0 Å². The SMILES string of the molecule is C1CSCCS1.NP(O)O. The number of hydrogen-bond acceptors (Lipinski definition) is 5. The fraction of sp³-hybridized carbons (Fsp3) is 1.00. The molecule has 1 saturated heterocycles. The van der Waals surface area contributed by atoms with Gasteiger partial charge in [0.25, 0.3) is 0 Å². The Morgan fingerprint density at radius 3 is 1.30 bits per heavy atom. The summed E-state index contributed by atoms with van der Waals surface area (Å²) in [6.07, 6.45) is 0. The molecule has 0 bridgehead atoms. The van der Waals surface area contributed by atoms with Crippen molar-refractivity contribution in [1.82, 2.24) is 0 Å². The Kier molecular flexibility index (Phi) is 8.93. The highest BCUT2D eigenvalue weighted by atomic mass is 32.2. The molecule has 0 spiro atoms. The Hall–Kier alpha value is 1.01. The molecule has 1 heterocycles. The summed E-state index contributed by atoms with van der Waals surface area (Å²) in [6.45, 7) is 0. The van der Waals surface area contributed by atoms with Gasteiger partial charge in [-0.3, -0.25) is 5.50 Å². The van der Waals surface area contributed by atoms with E-state index in [0.717, 1.165) is 0 Å². The van der Waals surface area contributed by atoms with Crippen LogP contribution in [0.1, 0.15) is 0 Å². The van der Waals surface area contributed by atoms with Crippen molar-refractivity contribution in [3.05, 3.63) is 0 Å². The minimum atomic E-state index is -2.12. The van der Waals surface area contributed by atoms with Crippen molar-refractivity contribution < 1.29 is 9.79 Å². The van der Waals surface area contributed by atoms with Crippen molar-refractivity contribution in [2.75, 3.05) is 23.0 Å². The molecule has 4 N–H and O–H groups in total. The van der Waals surface area contributed by atoms with Crippen LogP contribution < -0.4 is 5.50 Å². The zero-order valence-corrected chi connectivity index (χ0v) is 8.09. The fourth-order valence-corrected chi connectivity index (χ4v) is 2.73. The van der Waals surface area contributed by atoms with Crippen LogP contribution in [-0.4, -0.2) is 32.8 Å². The van der Waals surface area contributed by atoms with Crippen LogP contribution in [0, 0.1) is 0 Å². The second kappa shape index (κ2) is 8.11. The van der Waals surface area contributed by atoms with Crippen LogP contribution in [0.3, 0.4) is 0 Å². The molecule has 0 atom stereocenters. The summed E-state index contributed by atoms with van der Waals surface area (Å²) in [5.41, 5.74) is 4.29. The van der Waals surface area contributed by atoms with Gasteiger partial charge in [0.15, 0.2) is 0 Å². The first-order chi connectivity index (χ1) is 4.73. The Morgan fingerprint density at radius 1 is 1.00 bits per heavy atom. The molecular weight excluding hydrogens is 189 g/mol. The molecule has 0 aromatic rings. The molecule has 1 aliphatic heterocycles. The van der Waals surface area contributed by atoms with E-state index in [2.05, 4.69) is 29.0 Å². The van der Waals surface area contributed by atoms with Crippen LogP contribution >= 0.6 is 32.0 Å². The van der Waals surface area contributed by atoms with Crippen LogP contribution in [0.4, 0.5) is 0 Å². The summed E-state index contributed by atoms with van der Waals surface area (Å²) in [6, 6.07) is 0. The predicted octanol–water partition coefficient (Wildman–Crippen LogP) is 0.623. The average Bonchev–Trinajstić information content (AvgIpc) is 1.90. The highest BCUT2D eigenvalue weighted by molar-refractivity contribution is 8.06. The van der Waals surface area contributed by atoms with Gasteiger partial charge in [-0.2, -0.15) is 23.5 Å². The molecule has 0 aliphatic carbocycles. The van der Waals surface area contributed by atoms with E-state index in [-0.39, 0.29) is 0 Å². The Balaban J connectivity index is 0.000000180. The molecule has 1 aliphatic rings. The third-order valence-corrected chi connectivity index (χ3v) is 3.23. The van der Waals surface area contributed by atoms with Crippen molar-refractivity contribution in [2.24, 2.45) is 5.50 Å². The van der Waals surface area contributed by atoms with Gasteiger partial charge in [0.05, 0.1) is 0 Å². The smallest absolute Gasteiger partial charge is 0.247 e. The van der Waals surface area contributed by atoms with Gasteiger partial charge in [-0.15, -0.1) is 0 Å². The molecule has 0 unspecified atom stereocenters. The molecule has 1 rings (SSSR count). The molecule has 1 fully saturated rings. The average molecular weight is 201 g/mol. The summed E-state index contributed by atoms with van der Waals surface area (Å²) in [5, 5.41) is 0. The topological polar surface area (TPSA) is 66.5 Å². The number of rotatable bonds is 0. The zero-order chi connectivity index (χ0) is 7.82. The maximum atomic E-state index is 7.45. The molecule has 3 nitrogen and oxygen atoms in total. The molecule has 10 heavy (non-hydrogen) atoms. The van der Waals surface area contributed by atoms with E-state index in [4.69, 9.17) is 9.79 Å². The number of thioether (sulfide) groups is 2. The summed E-state index contributed by atoms with van der Waals surface area (Å²) >= 11 is 4.15. The van der Waals surface area contributed by atoms with Gasteiger partial charge >= 0.3 is 0 Å². The summed E-state index contributed by atoms with van der Waals surface area (Å²) in [4.78, 5) is 14.9. The molecule has 6 heteroatoms. The van der Waals surface area contributed by atoms with Crippen molar-refractivity contribution >= 4 is 32.0 Å². The van der Waals surface area contributed by atoms with E-state index >= 15 is 0 Å². The molecule has 0 radical (unpaired) electrons. The maximum absolute atomic E-state index is 7.45. The lowest BCUT2D eigenvalue weighted by Gasteiger charge is -2.05. The van der Waals surface area contributed by atoms with Crippen LogP contribution in [0.25, 0.3) is 0 Å². The Morgan fingerprint density at radius 2 is 1.20 bits per heavy atom. The molecule has 0 amide bonds. The van der Waals surface area contributed by atoms with Crippen LogP contribution in [0.2, 0.25) is 0 Å². The molecule has 62 valence electrons. The van der Waals surface area contributed by atoms with E-state index in [0.29, 0.717) is 0 Å². The van der Waals surface area contributed by atoms with Gasteiger partial charge < -0.3 is 9.79 Å². The van der Waals surface area contributed by atoms with Crippen LogP contribution in [0.15, 0.2) is 0 Å². The third kappa shape index (κ3) is 11.8. The second-order valence-electron chi connectivity index (χ2n) is 1.55. The lowest BCUT2D eigenvalue weighted by molar-refractivity contribution is 0.485. The van der Waals surface area contributed by atoms with Gasteiger partial charge in [0.2, 0.25) is 8.53 Å². The first kappa shape index (κ1) is 11.0. The standard InChI is InChI=1S/C4H8S2.H4NO2P/c1-2-6-4-3-5-1;1-4(2)3/h1-4H2;2-3H,1H2.